The first-order valence-corrected chi connectivity index (χ1v) is 8.12. The molecule has 1 aliphatic rings. The molecule has 0 unspecified atom stereocenters. The third-order valence-electron chi connectivity index (χ3n) is 3.40. The van der Waals surface area contributed by atoms with Crippen LogP contribution in [-0.2, 0) is 11.3 Å². The quantitative estimate of drug-likeness (QED) is 0.820. The highest BCUT2D eigenvalue weighted by Crippen LogP contribution is 2.35. The molecule has 1 fully saturated rings. The maximum atomic E-state index is 12.9. The lowest BCUT2D eigenvalue weighted by atomic mass is 10.1. The molecule has 1 N–H and O–H groups in total. The van der Waals surface area contributed by atoms with E-state index >= 15 is 0 Å². The molecule has 122 valence electrons. The number of phenols is 1. The first kappa shape index (κ1) is 16.5. The monoisotopic (exact) mass is 363 g/mol. The Morgan fingerprint density at radius 3 is 2.58 bits per heavy atom. The highest BCUT2D eigenvalue weighted by Gasteiger charge is 2.35. The number of hydrogen-bond acceptors (Lipinski definition) is 4. The van der Waals surface area contributed by atoms with Crippen LogP contribution in [-0.4, -0.2) is 21.2 Å². The Labute approximate surface area is 146 Å². The number of carbonyl (C=O) groups is 2. The van der Waals surface area contributed by atoms with Crippen molar-refractivity contribution in [1.29, 1.82) is 0 Å². The van der Waals surface area contributed by atoms with Crippen LogP contribution < -0.4 is 0 Å². The van der Waals surface area contributed by atoms with Gasteiger partial charge in [-0.25, -0.2) is 4.39 Å². The van der Waals surface area contributed by atoms with Crippen LogP contribution in [0.5, 0.6) is 5.75 Å². The Bertz CT molecular complexity index is 851. The predicted molar refractivity (Wildman–Crippen MR) is 91.0 cm³/mol. The maximum absolute atomic E-state index is 12.9. The fourth-order valence-electron chi connectivity index (χ4n) is 2.19. The molecule has 0 radical (unpaired) electrons. The number of nitrogens with zero attached hydrogens (tertiary/aromatic N) is 1. The van der Waals surface area contributed by atoms with Crippen LogP contribution in [0.3, 0.4) is 0 Å². The van der Waals surface area contributed by atoms with Crippen LogP contribution in [0.25, 0.3) is 6.08 Å². The number of benzene rings is 2. The van der Waals surface area contributed by atoms with Gasteiger partial charge in [-0.2, -0.15) is 0 Å². The molecule has 1 saturated heterocycles. The largest absolute Gasteiger partial charge is 0.507 e. The highest BCUT2D eigenvalue weighted by molar-refractivity contribution is 8.18. The van der Waals surface area contributed by atoms with E-state index in [1.807, 2.05) is 0 Å². The zero-order valence-electron chi connectivity index (χ0n) is 12.2. The minimum atomic E-state index is -0.464. The zero-order chi connectivity index (χ0) is 17.3. The van der Waals surface area contributed by atoms with E-state index in [1.165, 1.54) is 48.5 Å². The van der Waals surface area contributed by atoms with Crippen LogP contribution in [0.2, 0.25) is 5.02 Å². The molecular weight excluding hydrogens is 353 g/mol. The van der Waals surface area contributed by atoms with E-state index in [2.05, 4.69) is 0 Å². The van der Waals surface area contributed by atoms with Gasteiger partial charge in [0.25, 0.3) is 11.1 Å². The lowest BCUT2D eigenvalue weighted by Crippen LogP contribution is -2.27. The van der Waals surface area contributed by atoms with Crippen molar-refractivity contribution in [2.75, 3.05) is 0 Å². The van der Waals surface area contributed by atoms with Crippen molar-refractivity contribution in [2.24, 2.45) is 0 Å². The number of carbonyl (C=O) groups excluding carboxylic acids is 2. The van der Waals surface area contributed by atoms with Crippen LogP contribution in [0, 0.1) is 5.82 Å². The van der Waals surface area contributed by atoms with Crippen molar-refractivity contribution in [3.8, 4) is 5.75 Å². The van der Waals surface area contributed by atoms with Gasteiger partial charge in [0, 0.05) is 10.6 Å². The molecule has 0 saturated carbocycles. The molecule has 0 aliphatic carbocycles. The molecule has 2 aromatic rings. The molecule has 7 heteroatoms. The maximum Gasteiger partial charge on any atom is 0.293 e. The molecule has 0 atom stereocenters. The van der Waals surface area contributed by atoms with Crippen molar-refractivity contribution >= 4 is 40.6 Å². The first-order chi connectivity index (χ1) is 11.4. The third kappa shape index (κ3) is 3.44. The number of hydrogen-bond donors (Lipinski definition) is 1. The summed E-state index contributed by atoms with van der Waals surface area (Å²) in [5.41, 5.74) is 1.00. The summed E-state index contributed by atoms with van der Waals surface area (Å²) in [4.78, 5) is 25.8. The molecule has 0 aromatic heterocycles. The molecular formula is C17H11ClFNO3S. The average Bonchev–Trinajstić information content (AvgIpc) is 2.80. The molecule has 4 nitrogen and oxygen atoms in total. The molecule has 0 bridgehead atoms. The summed E-state index contributed by atoms with van der Waals surface area (Å²) in [6, 6.07) is 10.0. The summed E-state index contributed by atoms with van der Waals surface area (Å²) in [6.07, 6.45) is 1.43. The molecule has 2 amide bonds. The SMILES string of the molecule is O=C1S/C(=C\c2cc(Cl)ccc2O)C(=O)N1Cc1ccc(F)cc1. The minimum Gasteiger partial charge on any atom is -0.507 e. The second-order valence-electron chi connectivity index (χ2n) is 5.10. The van der Waals surface area contributed by atoms with Gasteiger partial charge in [-0.05, 0) is 53.7 Å². The van der Waals surface area contributed by atoms with Gasteiger partial charge in [0.15, 0.2) is 0 Å². The van der Waals surface area contributed by atoms with Crippen LogP contribution in [0.4, 0.5) is 9.18 Å². The topological polar surface area (TPSA) is 57.6 Å². The van der Waals surface area contributed by atoms with Crippen molar-refractivity contribution in [3.63, 3.8) is 0 Å². The summed E-state index contributed by atoms with van der Waals surface area (Å²) < 4.78 is 12.9. The molecule has 0 spiro atoms. The Balaban J connectivity index is 1.84. The second-order valence-corrected chi connectivity index (χ2v) is 6.53. The van der Waals surface area contributed by atoms with Gasteiger partial charge in [-0.3, -0.25) is 14.5 Å². The number of thioether (sulfide) groups is 1. The minimum absolute atomic E-state index is 0.0373. The first-order valence-electron chi connectivity index (χ1n) is 6.92. The van der Waals surface area contributed by atoms with Crippen molar-refractivity contribution in [2.45, 2.75) is 6.54 Å². The van der Waals surface area contributed by atoms with Crippen LogP contribution in [0.1, 0.15) is 11.1 Å². The summed E-state index contributed by atoms with van der Waals surface area (Å²) in [5, 5.41) is 9.80. The van der Waals surface area contributed by atoms with E-state index in [0.717, 1.165) is 16.7 Å². The number of imide groups is 1. The van der Waals surface area contributed by atoms with E-state index in [9.17, 15) is 19.1 Å². The Morgan fingerprint density at radius 2 is 1.88 bits per heavy atom. The molecule has 24 heavy (non-hydrogen) atoms. The zero-order valence-corrected chi connectivity index (χ0v) is 13.8. The van der Waals surface area contributed by atoms with Crippen LogP contribution >= 0.6 is 23.4 Å². The Kier molecular flexibility index (Phi) is 4.59. The fourth-order valence-corrected chi connectivity index (χ4v) is 3.20. The summed E-state index contributed by atoms with van der Waals surface area (Å²) in [7, 11) is 0. The Morgan fingerprint density at radius 1 is 1.17 bits per heavy atom. The predicted octanol–water partition coefficient (Wildman–Crippen LogP) is 4.42. The van der Waals surface area contributed by atoms with E-state index in [-0.39, 0.29) is 23.0 Å². The standard InChI is InChI=1S/C17H11ClFNO3S/c18-12-3-6-14(21)11(7-12)8-15-16(22)20(17(23)24-15)9-10-1-4-13(19)5-2-10/h1-8,21H,9H2/b15-8-. The summed E-state index contributed by atoms with van der Waals surface area (Å²) >= 11 is 6.66. The Hall–Kier alpha value is -2.31. The van der Waals surface area contributed by atoms with Crippen molar-refractivity contribution < 1.29 is 19.1 Å². The number of halogens is 2. The fraction of sp³-hybridized carbons (Fsp3) is 0.0588. The van der Waals surface area contributed by atoms with E-state index in [1.54, 1.807) is 0 Å². The highest BCUT2D eigenvalue weighted by atomic mass is 35.5. The lowest BCUT2D eigenvalue weighted by molar-refractivity contribution is -0.123. The van der Waals surface area contributed by atoms with Gasteiger partial charge in [0.05, 0.1) is 11.4 Å². The number of phenolic OH excluding ortho intramolecular Hbond substituents is 1. The molecule has 3 rings (SSSR count). The second kappa shape index (κ2) is 6.67. The number of rotatable bonds is 3. The van der Waals surface area contributed by atoms with Crippen molar-refractivity contribution in [1.82, 2.24) is 4.90 Å². The lowest BCUT2D eigenvalue weighted by Gasteiger charge is -2.12. The van der Waals surface area contributed by atoms with Crippen molar-refractivity contribution in [3.05, 3.63) is 69.3 Å². The normalized spacial score (nSPS) is 16.2. The van der Waals surface area contributed by atoms with E-state index in [0.29, 0.717) is 16.1 Å². The van der Waals surface area contributed by atoms with Gasteiger partial charge < -0.3 is 5.11 Å². The van der Waals surface area contributed by atoms with Gasteiger partial charge >= 0.3 is 0 Å². The van der Waals surface area contributed by atoms with Gasteiger partial charge in [-0.15, -0.1) is 0 Å². The van der Waals surface area contributed by atoms with Crippen LogP contribution in [0.15, 0.2) is 47.4 Å². The smallest absolute Gasteiger partial charge is 0.293 e. The van der Waals surface area contributed by atoms with Gasteiger partial charge in [0.2, 0.25) is 0 Å². The molecule has 2 aromatic carbocycles. The molecule has 1 heterocycles. The van der Waals surface area contributed by atoms with E-state index in [4.69, 9.17) is 11.6 Å². The number of aromatic hydroxyl groups is 1. The van der Waals surface area contributed by atoms with E-state index < -0.39 is 11.1 Å². The molecule has 1 aliphatic heterocycles. The average molecular weight is 364 g/mol. The summed E-state index contributed by atoms with van der Waals surface area (Å²) in [5.74, 6) is -0.886. The number of amides is 2. The van der Waals surface area contributed by atoms with Gasteiger partial charge in [0.1, 0.15) is 11.6 Å². The van der Waals surface area contributed by atoms with Gasteiger partial charge in [-0.1, -0.05) is 23.7 Å². The third-order valence-corrected chi connectivity index (χ3v) is 4.55. The summed E-state index contributed by atoms with van der Waals surface area (Å²) in [6.45, 7) is 0.0593.